The molecule has 1 aromatic heterocycles. The molecule has 3 rings (SSSR count). The monoisotopic (exact) mass is 431 g/mol. The number of carbonyl (C=O) groups is 1. The number of carboxylic acid groups (broad SMARTS) is 1. The fourth-order valence-corrected chi connectivity index (χ4v) is 4.26. The summed E-state index contributed by atoms with van der Waals surface area (Å²) in [5.74, 6) is -1.26. The molecule has 1 aromatic carbocycles. The van der Waals surface area contributed by atoms with Crippen LogP contribution in [0.15, 0.2) is 35.4 Å². The van der Waals surface area contributed by atoms with E-state index in [0.717, 1.165) is 28.6 Å². The van der Waals surface area contributed by atoms with E-state index in [1.54, 1.807) is 4.90 Å². The third-order valence-corrected chi connectivity index (χ3v) is 6.28. The van der Waals surface area contributed by atoms with Gasteiger partial charge in [-0.25, -0.2) is 23.2 Å². The maximum Gasteiger partial charge on any atom is 0.416 e. The number of carboxylic acids is 1. The number of nitrogen functional groups attached to an aromatic ring is 1. The van der Waals surface area contributed by atoms with Gasteiger partial charge in [-0.2, -0.15) is 17.5 Å². The first-order chi connectivity index (χ1) is 13.5. The van der Waals surface area contributed by atoms with E-state index in [0.29, 0.717) is 5.82 Å². The quantitative estimate of drug-likeness (QED) is 0.741. The fourth-order valence-electron chi connectivity index (χ4n) is 2.83. The van der Waals surface area contributed by atoms with E-state index in [2.05, 4.69) is 9.97 Å². The number of benzene rings is 1. The number of nitrogens with zero attached hydrogens (tertiary/aromatic N) is 4. The number of halogens is 3. The SMILES string of the molecule is Nc1nc(N2CCN(S(=O)(=O)c3ccc(C(F)(F)F)cc3)CC2)cnc1C(=O)O. The summed E-state index contributed by atoms with van der Waals surface area (Å²) in [5.41, 5.74) is 4.27. The molecule has 9 nitrogen and oxygen atoms in total. The highest BCUT2D eigenvalue weighted by molar-refractivity contribution is 7.89. The molecule has 13 heteroatoms. The standard InChI is InChI=1S/C16H16F3N5O4S/c17-16(18,19)10-1-3-11(4-2-10)29(27,28)24-7-5-23(6-8-24)12-9-21-13(15(25)26)14(20)22-12/h1-4,9H,5-8H2,(H2,20,22)(H,25,26). The summed E-state index contributed by atoms with van der Waals surface area (Å²) in [6.45, 7) is 0.568. The molecule has 0 atom stereocenters. The zero-order valence-corrected chi connectivity index (χ0v) is 15.6. The van der Waals surface area contributed by atoms with Crippen LogP contribution in [0.3, 0.4) is 0 Å². The summed E-state index contributed by atoms with van der Waals surface area (Å²) in [5, 5.41) is 8.93. The molecule has 1 aliphatic rings. The lowest BCUT2D eigenvalue weighted by Crippen LogP contribution is -2.49. The van der Waals surface area contributed by atoms with Gasteiger partial charge in [0.2, 0.25) is 10.0 Å². The third-order valence-electron chi connectivity index (χ3n) is 4.37. The van der Waals surface area contributed by atoms with Gasteiger partial charge in [0.05, 0.1) is 16.7 Å². The van der Waals surface area contributed by atoms with Gasteiger partial charge >= 0.3 is 12.1 Å². The minimum absolute atomic E-state index is 0.0611. The molecule has 0 unspecified atom stereocenters. The van der Waals surface area contributed by atoms with Gasteiger partial charge in [-0.3, -0.25) is 0 Å². The number of aromatic nitrogens is 2. The summed E-state index contributed by atoms with van der Waals surface area (Å²) in [7, 11) is -3.96. The van der Waals surface area contributed by atoms with Crippen molar-refractivity contribution in [2.24, 2.45) is 0 Å². The van der Waals surface area contributed by atoms with Crippen molar-refractivity contribution in [2.45, 2.75) is 11.1 Å². The zero-order chi connectivity index (χ0) is 21.4. The van der Waals surface area contributed by atoms with Crippen LogP contribution in [0.4, 0.5) is 24.8 Å². The minimum Gasteiger partial charge on any atom is -0.476 e. The number of sulfonamides is 1. The predicted molar refractivity (Wildman–Crippen MR) is 95.8 cm³/mol. The molecule has 2 aromatic rings. The Labute approximate surface area is 163 Å². The highest BCUT2D eigenvalue weighted by atomic mass is 32.2. The lowest BCUT2D eigenvalue weighted by Gasteiger charge is -2.34. The van der Waals surface area contributed by atoms with Crippen LogP contribution in [0.5, 0.6) is 0 Å². The molecule has 1 fully saturated rings. The van der Waals surface area contributed by atoms with Gasteiger partial charge < -0.3 is 15.7 Å². The number of hydrogen-bond donors (Lipinski definition) is 2. The molecule has 156 valence electrons. The molecule has 0 spiro atoms. The van der Waals surface area contributed by atoms with Crippen LogP contribution in [-0.2, 0) is 16.2 Å². The zero-order valence-electron chi connectivity index (χ0n) is 14.8. The van der Waals surface area contributed by atoms with E-state index in [1.807, 2.05) is 0 Å². The first kappa shape index (κ1) is 20.8. The summed E-state index contributed by atoms with van der Waals surface area (Å²) in [6.07, 6.45) is -3.31. The molecule has 0 radical (unpaired) electrons. The molecule has 1 aliphatic heterocycles. The Hall–Kier alpha value is -2.93. The second-order valence-corrected chi connectivity index (χ2v) is 8.12. The van der Waals surface area contributed by atoms with Gasteiger partial charge in [-0.1, -0.05) is 0 Å². The summed E-state index contributed by atoms with van der Waals surface area (Å²) in [6, 6.07) is 3.32. The minimum atomic E-state index is -4.55. The Morgan fingerprint density at radius 1 is 1.10 bits per heavy atom. The molecule has 0 bridgehead atoms. The lowest BCUT2D eigenvalue weighted by atomic mass is 10.2. The van der Waals surface area contributed by atoms with Gasteiger partial charge in [0.1, 0.15) is 5.82 Å². The topological polar surface area (TPSA) is 130 Å². The molecule has 1 saturated heterocycles. The van der Waals surface area contributed by atoms with Crippen molar-refractivity contribution in [2.75, 3.05) is 36.8 Å². The number of alkyl halides is 3. The Bertz CT molecular complexity index is 1020. The Morgan fingerprint density at radius 3 is 2.17 bits per heavy atom. The largest absolute Gasteiger partial charge is 0.476 e. The van der Waals surface area contributed by atoms with E-state index in [-0.39, 0.29) is 42.6 Å². The molecular weight excluding hydrogens is 415 g/mol. The average Bonchev–Trinajstić information content (AvgIpc) is 2.67. The molecule has 29 heavy (non-hydrogen) atoms. The second kappa shape index (κ2) is 7.48. The van der Waals surface area contributed by atoms with Crippen LogP contribution in [0.25, 0.3) is 0 Å². The Balaban J connectivity index is 1.71. The molecule has 0 saturated carbocycles. The number of piperazine rings is 1. The van der Waals surface area contributed by atoms with Crippen LogP contribution in [0, 0.1) is 0 Å². The van der Waals surface area contributed by atoms with Gasteiger partial charge in [0, 0.05) is 26.2 Å². The van der Waals surface area contributed by atoms with Crippen molar-refractivity contribution < 1.29 is 31.5 Å². The molecule has 3 N–H and O–H groups in total. The van der Waals surface area contributed by atoms with E-state index in [4.69, 9.17) is 10.8 Å². The predicted octanol–water partition coefficient (Wildman–Crippen LogP) is 1.29. The van der Waals surface area contributed by atoms with Crippen molar-refractivity contribution in [3.8, 4) is 0 Å². The summed E-state index contributed by atoms with van der Waals surface area (Å²) >= 11 is 0. The smallest absolute Gasteiger partial charge is 0.416 e. The van der Waals surface area contributed by atoms with Crippen molar-refractivity contribution >= 4 is 27.6 Å². The average molecular weight is 431 g/mol. The van der Waals surface area contributed by atoms with Crippen LogP contribution < -0.4 is 10.6 Å². The highest BCUT2D eigenvalue weighted by Gasteiger charge is 2.33. The van der Waals surface area contributed by atoms with Crippen LogP contribution >= 0.6 is 0 Å². The summed E-state index contributed by atoms with van der Waals surface area (Å²) in [4.78, 5) is 20.1. The number of hydrogen-bond acceptors (Lipinski definition) is 7. The number of aromatic carboxylic acids is 1. The van der Waals surface area contributed by atoms with E-state index >= 15 is 0 Å². The Kier molecular flexibility index (Phi) is 5.36. The van der Waals surface area contributed by atoms with Crippen LogP contribution in [-0.4, -0.2) is 59.9 Å². The Morgan fingerprint density at radius 2 is 1.69 bits per heavy atom. The summed E-state index contributed by atoms with van der Waals surface area (Å²) < 4.78 is 64.5. The lowest BCUT2D eigenvalue weighted by molar-refractivity contribution is -0.137. The van der Waals surface area contributed by atoms with Crippen LogP contribution in [0.2, 0.25) is 0 Å². The maximum atomic E-state index is 12.7. The van der Waals surface area contributed by atoms with E-state index in [1.165, 1.54) is 6.20 Å². The number of anilines is 2. The number of rotatable bonds is 4. The van der Waals surface area contributed by atoms with Crippen molar-refractivity contribution in [3.63, 3.8) is 0 Å². The van der Waals surface area contributed by atoms with Gasteiger partial charge in [-0.15, -0.1) is 0 Å². The van der Waals surface area contributed by atoms with Gasteiger partial charge in [0.25, 0.3) is 0 Å². The second-order valence-electron chi connectivity index (χ2n) is 6.18. The number of nitrogens with two attached hydrogens (primary N) is 1. The normalized spacial score (nSPS) is 16.0. The molecular formula is C16H16F3N5O4S. The van der Waals surface area contributed by atoms with Crippen molar-refractivity contribution in [1.29, 1.82) is 0 Å². The maximum absolute atomic E-state index is 12.7. The fraction of sp³-hybridized carbons (Fsp3) is 0.312. The molecule has 0 aliphatic carbocycles. The van der Waals surface area contributed by atoms with Crippen molar-refractivity contribution in [1.82, 2.24) is 14.3 Å². The first-order valence-electron chi connectivity index (χ1n) is 8.28. The van der Waals surface area contributed by atoms with Crippen LogP contribution in [0.1, 0.15) is 16.1 Å². The van der Waals surface area contributed by atoms with Gasteiger partial charge in [-0.05, 0) is 24.3 Å². The van der Waals surface area contributed by atoms with E-state index in [9.17, 15) is 26.4 Å². The first-order valence-corrected chi connectivity index (χ1v) is 9.72. The highest BCUT2D eigenvalue weighted by Crippen LogP contribution is 2.30. The van der Waals surface area contributed by atoms with Crippen molar-refractivity contribution in [3.05, 3.63) is 41.7 Å². The third kappa shape index (κ3) is 4.24. The van der Waals surface area contributed by atoms with Gasteiger partial charge in [0.15, 0.2) is 11.5 Å². The molecule has 0 amide bonds. The molecule has 2 heterocycles. The van der Waals surface area contributed by atoms with E-state index < -0.39 is 27.7 Å².